The largest absolute Gasteiger partial charge is 0.494 e. The van der Waals surface area contributed by atoms with Crippen LogP contribution in [0.2, 0.25) is 0 Å². The summed E-state index contributed by atoms with van der Waals surface area (Å²) < 4.78 is 58.8. The van der Waals surface area contributed by atoms with Gasteiger partial charge in [0.15, 0.2) is 11.5 Å². The lowest BCUT2D eigenvalue weighted by Crippen LogP contribution is -2.51. The van der Waals surface area contributed by atoms with Crippen LogP contribution in [0.15, 0.2) is 71.6 Å². The van der Waals surface area contributed by atoms with Crippen LogP contribution in [-0.2, 0) is 26.2 Å². The van der Waals surface area contributed by atoms with Crippen molar-refractivity contribution >= 4 is 27.5 Å². The topological polar surface area (TPSA) is 114 Å². The van der Waals surface area contributed by atoms with Gasteiger partial charge in [0.1, 0.15) is 24.2 Å². The van der Waals surface area contributed by atoms with Gasteiger partial charge in [-0.25, -0.2) is 12.8 Å². The van der Waals surface area contributed by atoms with Gasteiger partial charge in [0.25, 0.3) is 10.0 Å². The van der Waals surface area contributed by atoms with E-state index in [1.54, 1.807) is 19.1 Å². The average molecular weight is 602 g/mol. The Morgan fingerprint density at radius 3 is 2.12 bits per heavy atom. The number of halogens is 1. The number of hydrogen-bond acceptors (Lipinski definition) is 7. The van der Waals surface area contributed by atoms with Crippen molar-refractivity contribution in [1.82, 2.24) is 10.2 Å². The number of rotatable bonds is 14. The minimum absolute atomic E-state index is 0.0431. The highest BCUT2D eigenvalue weighted by molar-refractivity contribution is 7.92. The van der Waals surface area contributed by atoms with E-state index in [1.807, 2.05) is 6.92 Å². The second-order valence-electron chi connectivity index (χ2n) is 9.14. The number of anilines is 1. The van der Waals surface area contributed by atoms with E-state index < -0.39 is 40.2 Å². The SMILES string of the molecule is CCOc1ccc(N(CC(=O)N(Cc2ccc(F)cc2)C(CC)C(=O)NC)S(=O)(=O)c2ccc(OC)c(OC)c2)cc1. The molecular formula is C30H36FN3O7S. The molecule has 226 valence electrons. The zero-order valence-corrected chi connectivity index (χ0v) is 25.1. The van der Waals surface area contributed by atoms with E-state index in [-0.39, 0.29) is 29.3 Å². The molecule has 0 bridgehead atoms. The van der Waals surface area contributed by atoms with Gasteiger partial charge in [0.05, 0.1) is 31.4 Å². The number of nitrogens with zero attached hydrogens (tertiary/aromatic N) is 2. The Bertz CT molecular complexity index is 1470. The second-order valence-corrected chi connectivity index (χ2v) is 11.0. The van der Waals surface area contributed by atoms with Crippen LogP contribution in [0, 0.1) is 5.82 Å². The van der Waals surface area contributed by atoms with E-state index in [0.29, 0.717) is 23.7 Å². The highest BCUT2D eigenvalue weighted by Gasteiger charge is 2.34. The summed E-state index contributed by atoms with van der Waals surface area (Å²) >= 11 is 0. The van der Waals surface area contributed by atoms with Gasteiger partial charge in [-0.1, -0.05) is 19.1 Å². The number of sulfonamides is 1. The molecule has 3 rings (SSSR count). The van der Waals surface area contributed by atoms with Crippen LogP contribution in [0.1, 0.15) is 25.8 Å². The lowest BCUT2D eigenvalue weighted by molar-refractivity contribution is -0.140. The minimum atomic E-state index is -4.34. The van der Waals surface area contributed by atoms with Gasteiger partial charge in [-0.2, -0.15) is 0 Å². The third kappa shape index (κ3) is 7.49. The maximum absolute atomic E-state index is 14.1. The van der Waals surface area contributed by atoms with E-state index in [4.69, 9.17) is 14.2 Å². The molecule has 0 fully saturated rings. The van der Waals surface area contributed by atoms with Gasteiger partial charge in [0.2, 0.25) is 11.8 Å². The zero-order valence-electron chi connectivity index (χ0n) is 24.3. The van der Waals surface area contributed by atoms with Crippen molar-refractivity contribution in [2.75, 3.05) is 38.7 Å². The van der Waals surface area contributed by atoms with Crippen molar-refractivity contribution in [3.05, 3.63) is 78.1 Å². The molecule has 0 spiro atoms. The molecule has 0 aromatic heterocycles. The van der Waals surface area contributed by atoms with Gasteiger partial charge in [-0.15, -0.1) is 0 Å². The summed E-state index contributed by atoms with van der Waals surface area (Å²) in [6.07, 6.45) is 0.262. The molecule has 12 heteroatoms. The molecule has 0 aliphatic heterocycles. The Hall–Kier alpha value is -4.32. The van der Waals surface area contributed by atoms with Gasteiger partial charge >= 0.3 is 0 Å². The minimum Gasteiger partial charge on any atom is -0.494 e. The van der Waals surface area contributed by atoms with Crippen molar-refractivity contribution in [2.24, 2.45) is 0 Å². The molecule has 1 N–H and O–H groups in total. The summed E-state index contributed by atoms with van der Waals surface area (Å²) in [5.74, 6) is -0.435. The lowest BCUT2D eigenvalue weighted by atomic mass is 10.1. The first-order chi connectivity index (χ1) is 20.1. The number of amides is 2. The number of carbonyl (C=O) groups is 2. The number of ether oxygens (including phenoxy) is 3. The molecule has 0 aliphatic carbocycles. The maximum Gasteiger partial charge on any atom is 0.264 e. The van der Waals surface area contributed by atoms with Crippen molar-refractivity contribution in [2.45, 2.75) is 37.8 Å². The highest BCUT2D eigenvalue weighted by Crippen LogP contribution is 2.33. The fraction of sp³-hybridized carbons (Fsp3) is 0.333. The molecule has 0 heterocycles. The van der Waals surface area contributed by atoms with Gasteiger partial charge < -0.3 is 24.4 Å². The summed E-state index contributed by atoms with van der Waals surface area (Å²) in [6, 6.07) is 15.1. The van der Waals surface area contributed by atoms with Gasteiger partial charge in [-0.3, -0.25) is 13.9 Å². The first-order valence-electron chi connectivity index (χ1n) is 13.3. The fourth-order valence-corrected chi connectivity index (χ4v) is 5.81. The molecule has 2 amide bonds. The van der Waals surface area contributed by atoms with Crippen LogP contribution >= 0.6 is 0 Å². The van der Waals surface area contributed by atoms with Crippen molar-refractivity contribution < 1.29 is 36.6 Å². The molecule has 0 radical (unpaired) electrons. The molecule has 1 atom stereocenters. The van der Waals surface area contributed by atoms with E-state index in [2.05, 4.69) is 5.32 Å². The fourth-order valence-electron chi connectivity index (χ4n) is 4.38. The Morgan fingerprint density at radius 1 is 0.929 bits per heavy atom. The first kappa shape index (κ1) is 32.2. The van der Waals surface area contributed by atoms with Crippen molar-refractivity contribution in [1.29, 1.82) is 0 Å². The number of hydrogen-bond donors (Lipinski definition) is 1. The number of nitrogens with one attached hydrogen (secondary N) is 1. The molecule has 10 nitrogen and oxygen atoms in total. The van der Waals surface area contributed by atoms with Gasteiger partial charge in [-0.05, 0) is 67.4 Å². The quantitative estimate of drug-likeness (QED) is 0.297. The van der Waals surface area contributed by atoms with Crippen LogP contribution in [-0.4, -0.2) is 65.6 Å². The van der Waals surface area contributed by atoms with E-state index >= 15 is 0 Å². The van der Waals surface area contributed by atoms with Crippen LogP contribution in [0.4, 0.5) is 10.1 Å². The Labute approximate surface area is 246 Å². The molecule has 42 heavy (non-hydrogen) atoms. The Morgan fingerprint density at radius 2 is 1.57 bits per heavy atom. The molecule has 3 aromatic rings. The molecule has 3 aromatic carbocycles. The maximum atomic E-state index is 14.1. The van der Waals surface area contributed by atoms with Crippen LogP contribution in [0.5, 0.6) is 17.2 Å². The predicted octanol–water partition coefficient (Wildman–Crippen LogP) is 3.99. The summed E-state index contributed by atoms with van der Waals surface area (Å²) in [5, 5.41) is 2.56. The summed E-state index contributed by atoms with van der Waals surface area (Å²) in [4.78, 5) is 28.0. The summed E-state index contributed by atoms with van der Waals surface area (Å²) in [7, 11) is -0.0635. The molecule has 1 unspecified atom stereocenters. The van der Waals surface area contributed by atoms with Crippen molar-refractivity contribution in [3.63, 3.8) is 0 Å². The zero-order chi connectivity index (χ0) is 30.9. The van der Waals surface area contributed by atoms with E-state index in [0.717, 1.165) is 4.31 Å². The Kier molecular flexibility index (Phi) is 11.1. The van der Waals surface area contributed by atoms with Crippen LogP contribution < -0.4 is 23.8 Å². The lowest BCUT2D eigenvalue weighted by Gasteiger charge is -2.33. The smallest absolute Gasteiger partial charge is 0.264 e. The monoisotopic (exact) mass is 601 g/mol. The second kappa shape index (κ2) is 14.5. The standard InChI is InChI=1S/C30H36FN3O7S/c1-6-26(30(36)32-3)33(19-21-8-10-22(31)11-9-21)29(35)20-34(23-12-14-24(15-13-23)41-7-2)42(37,38)25-16-17-27(39-4)28(18-25)40-5/h8-18,26H,6-7,19-20H2,1-5H3,(H,32,36). The number of likely N-dealkylation sites (N-methyl/N-ethyl adjacent to an activating group) is 1. The molecule has 0 saturated heterocycles. The van der Waals surface area contributed by atoms with Gasteiger partial charge in [0, 0.05) is 19.7 Å². The third-order valence-corrected chi connectivity index (χ3v) is 8.33. The summed E-state index contributed by atoms with van der Waals surface area (Å²) in [6.45, 7) is 3.32. The third-order valence-electron chi connectivity index (χ3n) is 6.56. The van der Waals surface area contributed by atoms with Crippen LogP contribution in [0.25, 0.3) is 0 Å². The first-order valence-corrected chi connectivity index (χ1v) is 14.8. The summed E-state index contributed by atoms with van der Waals surface area (Å²) in [5.41, 5.74) is 0.777. The molecule has 0 aliphatic rings. The highest BCUT2D eigenvalue weighted by atomic mass is 32.2. The molecular weight excluding hydrogens is 565 g/mol. The predicted molar refractivity (Wildman–Crippen MR) is 157 cm³/mol. The van der Waals surface area contributed by atoms with E-state index in [9.17, 15) is 22.4 Å². The van der Waals surface area contributed by atoms with Crippen LogP contribution in [0.3, 0.4) is 0 Å². The van der Waals surface area contributed by atoms with Crippen molar-refractivity contribution in [3.8, 4) is 17.2 Å². The van der Waals surface area contributed by atoms with E-state index in [1.165, 1.54) is 80.8 Å². The normalized spacial score (nSPS) is 11.8. The Balaban J connectivity index is 2.10. The number of benzene rings is 3. The number of methoxy groups -OCH3 is 2. The average Bonchev–Trinajstić information content (AvgIpc) is 3.00. The molecule has 0 saturated carbocycles. The number of carbonyl (C=O) groups excluding carboxylic acids is 2.